The van der Waals surface area contributed by atoms with E-state index in [2.05, 4.69) is 16.0 Å². The molecule has 3 N–H and O–H groups in total. The van der Waals surface area contributed by atoms with Crippen LogP contribution in [0.1, 0.15) is 30.6 Å². The molecule has 8 heteroatoms. The topological polar surface area (TPSA) is 70.2 Å². The van der Waals surface area contributed by atoms with Gasteiger partial charge in [0.05, 0.1) is 10.6 Å². The largest absolute Gasteiger partial charge is 0.332 e. The number of carbonyl (C=O) groups excluding carboxylic acids is 2. The first-order valence-electron chi connectivity index (χ1n) is 8.22. The molecule has 0 atom stereocenters. The summed E-state index contributed by atoms with van der Waals surface area (Å²) in [6, 6.07) is 11.6. The molecule has 5 nitrogen and oxygen atoms in total. The highest BCUT2D eigenvalue weighted by atomic mass is 35.5. The van der Waals surface area contributed by atoms with Crippen molar-refractivity contribution in [2.75, 3.05) is 10.6 Å². The molecular formula is C19H19Cl2N3O2S. The van der Waals surface area contributed by atoms with Crippen LogP contribution in [0.5, 0.6) is 0 Å². The number of rotatable bonds is 5. The smallest absolute Gasteiger partial charge is 0.258 e. The van der Waals surface area contributed by atoms with Crippen LogP contribution in [-0.4, -0.2) is 16.9 Å². The first kappa shape index (κ1) is 21.2. The van der Waals surface area contributed by atoms with Crippen LogP contribution in [-0.2, 0) is 4.79 Å². The predicted molar refractivity (Wildman–Crippen MR) is 115 cm³/mol. The van der Waals surface area contributed by atoms with Gasteiger partial charge in [0.1, 0.15) is 0 Å². The van der Waals surface area contributed by atoms with Crippen molar-refractivity contribution < 1.29 is 9.59 Å². The first-order valence-corrected chi connectivity index (χ1v) is 9.38. The Labute approximate surface area is 173 Å². The average molecular weight is 424 g/mol. The van der Waals surface area contributed by atoms with Crippen LogP contribution in [0, 0.1) is 5.92 Å². The van der Waals surface area contributed by atoms with Crippen molar-refractivity contribution in [1.82, 2.24) is 5.32 Å². The predicted octanol–water partition coefficient (Wildman–Crippen LogP) is 5.10. The Morgan fingerprint density at radius 3 is 2.15 bits per heavy atom. The summed E-state index contributed by atoms with van der Waals surface area (Å²) in [5.74, 6) is -0.179. The fourth-order valence-corrected chi connectivity index (χ4v) is 2.93. The summed E-state index contributed by atoms with van der Waals surface area (Å²) in [5, 5.41) is 9.09. The number of anilines is 2. The third-order valence-corrected chi connectivity index (χ3v) is 4.17. The minimum Gasteiger partial charge on any atom is -0.332 e. The molecule has 0 aromatic heterocycles. The molecule has 142 valence electrons. The normalized spacial score (nSPS) is 10.4. The Hall–Kier alpha value is -2.15. The zero-order valence-corrected chi connectivity index (χ0v) is 17.1. The molecule has 0 aliphatic rings. The third kappa shape index (κ3) is 6.82. The number of hydrogen-bond acceptors (Lipinski definition) is 3. The second kappa shape index (κ2) is 9.69. The van der Waals surface area contributed by atoms with Crippen molar-refractivity contribution in [3.8, 4) is 0 Å². The molecule has 0 heterocycles. The Balaban J connectivity index is 1.91. The molecule has 0 fully saturated rings. The highest BCUT2D eigenvalue weighted by Crippen LogP contribution is 2.21. The van der Waals surface area contributed by atoms with Crippen molar-refractivity contribution in [2.24, 2.45) is 5.92 Å². The van der Waals surface area contributed by atoms with Crippen LogP contribution in [0.25, 0.3) is 0 Å². The van der Waals surface area contributed by atoms with Gasteiger partial charge in [-0.3, -0.25) is 14.9 Å². The van der Waals surface area contributed by atoms with Crippen molar-refractivity contribution >= 4 is 63.7 Å². The molecule has 0 aliphatic heterocycles. The first-order chi connectivity index (χ1) is 12.7. The van der Waals surface area contributed by atoms with Gasteiger partial charge in [-0.2, -0.15) is 0 Å². The van der Waals surface area contributed by atoms with Gasteiger partial charge >= 0.3 is 0 Å². The zero-order chi connectivity index (χ0) is 20.0. The Kier molecular flexibility index (Phi) is 7.59. The summed E-state index contributed by atoms with van der Waals surface area (Å²) in [7, 11) is 0. The van der Waals surface area contributed by atoms with Crippen molar-refractivity contribution in [3.05, 3.63) is 58.1 Å². The standard InChI is InChI=1S/C19H19Cl2N3O2S/c1-11(2)9-17(25)22-13-4-6-14(7-5-13)23-19(27)24-18(26)15-8-3-12(20)10-16(15)21/h3-8,10-11H,9H2,1-2H3,(H,22,25)(H2,23,24,26,27). The van der Waals surface area contributed by atoms with Gasteiger partial charge in [0.25, 0.3) is 5.91 Å². The molecule has 0 saturated heterocycles. The lowest BCUT2D eigenvalue weighted by atomic mass is 10.1. The maximum Gasteiger partial charge on any atom is 0.258 e. The Morgan fingerprint density at radius 2 is 1.59 bits per heavy atom. The quantitative estimate of drug-likeness (QED) is 0.584. The van der Waals surface area contributed by atoms with Crippen molar-refractivity contribution in [1.29, 1.82) is 0 Å². The van der Waals surface area contributed by atoms with Gasteiger partial charge in [-0.05, 0) is 60.6 Å². The van der Waals surface area contributed by atoms with Gasteiger partial charge in [-0.1, -0.05) is 37.0 Å². The third-order valence-electron chi connectivity index (χ3n) is 3.42. The number of hydrogen-bond donors (Lipinski definition) is 3. The van der Waals surface area contributed by atoms with Crippen molar-refractivity contribution in [3.63, 3.8) is 0 Å². The number of carbonyl (C=O) groups is 2. The molecule has 2 amide bonds. The number of benzene rings is 2. The molecule has 2 rings (SSSR count). The lowest BCUT2D eigenvalue weighted by Gasteiger charge is -2.12. The fraction of sp³-hybridized carbons (Fsp3) is 0.211. The van der Waals surface area contributed by atoms with E-state index < -0.39 is 5.91 Å². The van der Waals surface area contributed by atoms with E-state index in [1.165, 1.54) is 12.1 Å². The molecule has 0 bridgehead atoms. The second-order valence-electron chi connectivity index (χ2n) is 6.26. The van der Waals surface area contributed by atoms with E-state index in [9.17, 15) is 9.59 Å². The van der Waals surface area contributed by atoms with E-state index in [1.807, 2.05) is 13.8 Å². The molecule has 0 saturated carbocycles. The maximum atomic E-state index is 12.2. The SMILES string of the molecule is CC(C)CC(=O)Nc1ccc(NC(=S)NC(=O)c2ccc(Cl)cc2Cl)cc1. The highest BCUT2D eigenvalue weighted by molar-refractivity contribution is 7.80. The number of thiocarbonyl (C=S) groups is 1. The molecule has 0 radical (unpaired) electrons. The van der Waals surface area contributed by atoms with Gasteiger partial charge < -0.3 is 10.6 Å². The van der Waals surface area contributed by atoms with Gasteiger partial charge in [-0.25, -0.2) is 0 Å². The average Bonchev–Trinajstić information content (AvgIpc) is 2.55. The molecule has 2 aromatic rings. The van der Waals surface area contributed by atoms with Gasteiger partial charge in [0.2, 0.25) is 5.91 Å². The fourth-order valence-electron chi connectivity index (χ4n) is 2.23. The van der Waals surface area contributed by atoms with Crippen LogP contribution < -0.4 is 16.0 Å². The maximum absolute atomic E-state index is 12.2. The van der Waals surface area contributed by atoms with Gasteiger partial charge in [-0.15, -0.1) is 0 Å². The number of halogens is 2. The number of amides is 2. The van der Waals surface area contributed by atoms with Crippen LogP contribution in [0.4, 0.5) is 11.4 Å². The van der Waals surface area contributed by atoms with Gasteiger partial charge in [0, 0.05) is 22.8 Å². The Bertz CT molecular complexity index is 855. The summed E-state index contributed by atoms with van der Waals surface area (Å²) in [6.07, 6.45) is 0.462. The van der Waals surface area contributed by atoms with Crippen LogP contribution in [0.2, 0.25) is 10.0 Å². The van der Waals surface area contributed by atoms with E-state index in [0.717, 1.165) is 0 Å². The summed E-state index contributed by atoms with van der Waals surface area (Å²) >= 11 is 17.0. The summed E-state index contributed by atoms with van der Waals surface area (Å²) in [6.45, 7) is 3.97. The van der Waals surface area contributed by atoms with E-state index >= 15 is 0 Å². The van der Waals surface area contributed by atoms with Crippen LogP contribution in [0.15, 0.2) is 42.5 Å². The van der Waals surface area contributed by atoms with E-state index in [0.29, 0.717) is 28.7 Å². The van der Waals surface area contributed by atoms with Gasteiger partial charge in [0.15, 0.2) is 5.11 Å². The van der Waals surface area contributed by atoms with Crippen LogP contribution in [0.3, 0.4) is 0 Å². The van der Waals surface area contributed by atoms with Crippen LogP contribution >= 0.6 is 35.4 Å². The highest BCUT2D eigenvalue weighted by Gasteiger charge is 2.12. The lowest BCUT2D eigenvalue weighted by molar-refractivity contribution is -0.116. The lowest BCUT2D eigenvalue weighted by Crippen LogP contribution is -2.34. The van der Waals surface area contributed by atoms with E-state index in [4.69, 9.17) is 35.4 Å². The minimum atomic E-state index is -0.438. The number of nitrogens with one attached hydrogen (secondary N) is 3. The zero-order valence-electron chi connectivity index (χ0n) is 14.8. The van der Waals surface area contributed by atoms with Crippen molar-refractivity contribution in [2.45, 2.75) is 20.3 Å². The molecule has 0 aliphatic carbocycles. The molecule has 0 unspecified atom stereocenters. The molecule has 0 spiro atoms. The monoisotopic (exact) mass is 423 g/mol. The summed E-state index contributed by atoms with van der Waals surface area (Å²) < 4.78 is 0. The molecule has 27 heavy (non-hydrogen) atoms. The minimum absolute atomic E-state index is 0.0339. The van der Waals surface area contributed by atoms with E-state index in [1.54, 1.807) is 30.3 Å². The summed E-state index contributed by atoms with van der Waals surface area (Å²) in [4.78, 5) is 24.0. The van der Waals surface area contributed by atoms with E-state index in [-0.39, 0.29) is 21.6 Å². The second-order valence-corrected chi connectivity index (χ2v) is 7.51. The summed E-state index contributed by atoms with van der Waals surface area (Å²) in [5.41, 5.74) is 1.63. The molecule has 2 aromatic carbocycles. The molecular weight excluding hydrogens is 405 g/mol. The Morgan fingerprint density at radius 1 is 1.00 bits per heavy atom.